The lowest BCUT2D eigenvalue weighted by Gasteiger charge is -2.41. The first-order valence-corrected chi connectivity index (χ1v) is 8.59. The highest BCUT2D eigenvalue weighted by Crippen LogP contribution is 2.45. The molecular weight excluding hydrogens is 357 g/mol. The van der Waals surface area contributed by atoms with Crippen LogP contribution in [0, 0.1) is 5.41 Å². The Kier molecular flexibility index (Phi) is 5.71. The fourth-order valence-corrected chi connectivity index (χ4v) is 3.00. The molecule has 0 aromatic heterocycles. The van der Waals surface area contributed by atoms with E-state index in [4.69, 9.17) is 4.74 Å². The number of ether oxygens (including phenoxy) is 1. The third-order valence-electron chi connectivity index (χ3n) is 4.53. The average molecular weight is 380 g/mol. The Bertz CT molecular complexity index is 787. The molecule has 0 aliphatic heterocycles. The number of carbonyl (C=O) groups excluding carboxylic acids is 1. The zero-order chi connectivity index (χ0) is 20.5. The number of esters is 1. The summed E-state index contributed by atoms with van der Waals surface area (Å²) in [6.07, 6.45) is -4.44. The molecule has 0 aliphatic carbocycles. The maximum atomic E-state index is 12.8. The first-order chi connectivity index (χ1) is 12.4. The van der Waals surface area contributed by atoms with Gasteiger partial charge in [-0.15, -0.1) is 0 Å². The van der Waals surface area contributed by atoms with Crippen molar-refractivity contribution in [1.29, 1.82) is 0 Å². The van der Waals surface area contributed by atoms with E-state index in [-0.39, 0.29) is 6.61 Å². The topological polar surface area (TPSA) is 46.5 Å². The van der Waals surface area contributed by atoms with Crippen molar-refractivity contribution in [3.05, 3.63) is 70.8 Å². The lowest BCUT2D eigenvalue weighted by molar-refractivity contribution is -0.137. The Morgan fingerprint density at radius 2 is 1.30 bits per heavy atom. The first kappa shape index (κ1) is 21.0. The van der Waals surface area contributed by atoms with Crippen LogP contribution in [0.4, 0.5) is 13.2 Å². The number of halogens is 3. The van der Waals surface area contributed by atoms with E-state index in [1.54, 1.807) is 39.8 Å². The summed E-state index contributed by atoms with van der Waals surface area (Å²) in [4.78, 5) is 11.8. The lowest BCUT2D eigenvalue weighted by Crippen LogP contribution is -2.41. The summed E-state index contributed by atoms with van der Waals surface area (Å²) in [5, 5.41) is 11.5. The largest absolute Gasteiger partial charge is 0.462 e. The standard InChI is InChI=1S/C21H23F3O3/c1-5-27-18(25)14-6-8-15(9-7-14)20(26,19(2,3)4)16-10-12-17(13-11-16)21(22,23)24/h6-13,26H,5H2,1-4H3. The maximum absolute atomic E-state index is 12.8. The van der Waals surface area contributed by atoms with Crippen molar-refractivity contribution in [2.75, 3.05) is 6.61 Å². The molecule has 27 heavy (non-hydrogen) atoms. The van der Waals surface area contributed by atoms with Gasteiger partial charge in [-0.2, -0.15) is 13.2 Å². The summed E-state index contributed by atoms with van der Waals surface area (Å²) < 4.78 is 43.5. The number of rotatable bonds is 4. The van der Waals surface area contributed by atoms with Gasteiger partial charge < -0.3 is 9.84 Å². The number of aliphatic hydroxyl groups is 1. The minimum absolute atomic E-state index is 0.248. The van der Waals surface area contributed by atoms with Crippen molar-refractivity contribution >= 4 is 5.97 Å². The van der Waals surface area contributed by atoms with Gasteiger partial charge in [0.2, 0.25) is 0 Å². The molecule has 2 aromatic rings. The van der Waals surface area contributed by atoms with Gasteiger partial charge in [-0.25, -0.2) is 4.79 Å². The second-order valence-corrected chi connectivity index (χ2v) is 7.33. The molecule has 2 rings (SSSR count). The molecule has 0 aliphatic rings. The zero-order valence-corrected chi connectivity index (χ0v) is 15.7. The SMILES string of the molecule is CCOC(=O)c1ccc(C(O)(c2ccc(C(F)(F)F)cc2)C(C)(C)C)cc1. The summed E-state index contributed by atoms with van der Waals surface area (Å²) in [5.74, 6) is -0.474. The highest BCUT2D eigenvalue weighted by molar-refractivity contribution is 5.89. The van der Waals surface area contributed by atoms with Gasteiger partial charge in [0.1, 0.15) is 5.60 Å². The molecule has 1 N–H and O–H groups in total. The first-order valence-electron chi connectivity index (χ1n) is 8.59. The fraction of sp³-hybridized carbons (Fsp3) is 0.381. The molecule has 0 bridgehead atoms. The van der Waals surface area contributed by atoms with Crippen LogP contribution < -0.4 is 0 Å². The highest BCUT2D eigenvalue weighted by atomic mass is 19.4. The second kappa shape index (κ2) is 7.35. The average Bonchev–Trinajstić information content (AvgIpc) is 2.60. The Balaban J connectivity index is 2.50. The number of hydrogen-bond acceptors (Lipinski definition) is 3. The number of alkyl halides is 3. The van der Waals surface area contributed by atoms with Crippen LogP contribution in [0.2, 0.25) is 0 Å². The normalized spacial score (nSPS) is 14.5. The van der Waals surface area contributed by atoms with Crippen molar-refractivity contribution < 1.29 is 27.8 Å². The van der Waals surface area contributed by atoms with Crippen molar-refractivity contribution in [1.82, 2.24) is 0 Å². The van der Waals surface area contributed by atoms with E-state index in [1.165, 1.54) is 24.3 Å². The summed E-state index contributed by atoms with van der Waals surface area (Å²) in [6, 6.07) is 10.7. The predicted octanol–water partition coefficient (Wildman–Crippen LogP) is 5.16. The molecule has 0 spiro atoms. The Labute approximate surface area is 156 Å². The van der Waals surface area contributed by atoms with Gasteiger partial charge in [0, 0.05) is 0 Å². The number of hydrogen-bond donors (Lipinski definition) is 1. The Morgan fingerprint density at radius 3 is 1.67 bits per heavy atom. The Morgan fingerprint density at radius 1 is 0.889 bits per heavy atom. The van der Waals surface area contributed by atoms with Crippen molar-refractivity contribution in [2.24, 2.45) is 5.41 Å². The van der Waals surface area contributed by atoms with Crippen LogP contribution in [0.3, 0.4) is 0 Å². The van der Waals surface area contributed by atoms with Crippen LogP contribution >= 0.6 is 0 Å². The molecule has 6 heteroatoms. The molecule has 0 heterocycles. The van der Waals surface area contributed by atoms with Crippen LogP contribution in [0.5, 0.6) is 0 Å². The summed E-state index contributed by atoms with van der Waals surface area (Å²) in [5.41, 5.74) is -1.90. The van der Waals surface area contributed by atoms with Crippen LogP contribution in [0.15, 0.2) is 48.5 Å². The maximum Gasteiger partial charge on any atom is 0.416 e. The predicted molar refractivity (Wildman–Crippen MR) is 96.3 cm³/mol. The van der Waals surface area contributed by atoms with Crippen LogP contribution in [-0.2, 0) is 16.5 Å². The van der Waals surface area contributed by atoms with E-state index < -0.39 is 28.7 Å². The summed E-state index contributed by atoms with van der Waals surface area (Å²) in [7, 11) is 0. The van der Waals surface area contributed by atoms with Gasteiger partial charge >= 0.3 is 12.1 Å². The minimum Gasteiger partial charge on any atom is -0.462 e. The molecular formula is C21H23F3O3. The van der Waals surface area contributed by atoms with E-state index in [0.29, 0.717) is 16.7 Å². The molecule has 146 valence electrons. The quantitative estimate of drug-likeness (QED) is 0.745. The Hall–Kier alpha value is -2.34. The van der Waals surface area contributed by atoms with E-state index in [1.807, 2.05) is 0 Å². The molecule has 0 fully saturated rings. The van der Waals surface area contributed by atoms with Gasteiger partial charge in [0.05, 0.1) is 17.7 Å². The lowest BCUT2D eigenvalue weighted by atomic mass is 9.68. The van der Waals surface area contributed by atoms with Gasteiger partial charge in [-0.1, -0.05) is 45.0 Å². The van der Waals surface area contributed by atoms with Gasteiger partial charge in [-0.05, 0) is 47.7 Å². The van der Waals surface area contributed by atoms with E-state index in [9.17, 15) is 23.1 Å². The van der Waals surface area contributed by atoms with Crippen LogP contribution in [0.1, 0.15) is 54.7 Å². The fourth-order valence-electron chi connectivity index (χ4n) is 3.00. The number of carbonyl (C=O) groups is 1. The molecule has 0 radical (unpaired) electrons. The van der Waals surface area contributed by atoms with Crippen LogP contribution in [0.25, 0.3) is 0 Å². The molecule has 2 aromatic carbocycles. The molecule has 0 saturated heterocycles. The monoisotopic (exact) mass is 380 g/mol. The van der Waals surface area contributed by atoms with Crippen molar-refractivity contribution in [2.45, 2.75) is 39.5 Å². The molecule has 0 amide bonds. The van der Waals surface area contributed by atoms with Gasteiger partial charge in [0.25, 0.3) is 0 Å². The van der Waals surface area contributed by atoms with Crippen molar-refractivity contribution in [3.63, 3.8) is 0 Å². The van der Waals surface area contributed by atoms with E-state index >= 15 is 0 Å². The molecule has 3 nitrogen and oxygen atoms in total. The van der Waals surface area contributed by atoms with Crippen molar-refractivity contribution in [3.8, 4) is 0 Å². The van der Waals surface area contributed by atoms with Crippen LogP contribution in [-0.4, -0.2) is 17.7 Å². The van der Waals surface area contributed by atoms with E-state index in [0.717, 1.165) is 12.1 Å². The minimum atomic E-state index is -4.44. The molecule has 1 atom stereocenters. The van der Waals surface area contributed by atoms with Gasteiger partial charge in [0.15, 0.2) is 0 Å². The third-order valence-corrected chi connectivity index (χ3v) is 4.53. The number of benzene rings is 2. The molecule has 0 saturated carbocycles. The summed E-state index contributed by atoms with van der Waals surface area (Å²) in [6.45, 7) is 7.34. The zero-order valence-electron chi connectivity index (χ0n) is 15.7. The smallest absolute Gasteiger partial charge is 0.416 e. The highest BCUT2D eigenvalue weighted by Gasteiger charge is 2.43. The molecule has 1 unspecified atom stereocenters. The summed E-state index contributed by atoms with van der Waals surface area (Å²) >= 11 is 0. The van der Waals surface area contributed by atoms with Gasteiger partial charge in [-0.3, -0.25) is 0 Å². The second-order valence-electron chi connectivity index (χ2n) is 7.33. The van der Waals surface area contributed by atoms with E-state index in [2.05, 4.69) is 0 Å². The third kappa shape index (κ3) is 4.16.